The molecule has 5 heteroatoms. The maximum Gasteiger partial charge on any atom is 0.339 e. The van der Waals surface area contributed by atoms with Crippen LogP contribution in [0.15, 0.2) is 0 Å². The van der Waals surface area contributed by atoms with Gasteiger partial charge in [0.2, 0.25) is 0 Å². The van der Waals surface area contributed by atoms with E-state index in [1.807, 2.05) is 32.8 Å². The number of rotatable bonds is 3. The molecule has 1 rings (SSSR count). The Bertz CT molecular complexity index is 331. The number of nitrogens with zero attached hydrogens (tertiary/aromatic N) is 1. The van der Waals surface area contributed by atoms with E-state index in [0.29, 0.717) is 12.8 Å². The minimum absolute atomic E-state index is 0.355. The Balaban J connectivity index is 2.99. The van der Waals surface area contributed by atoms with Gasteiger partial charge in [0.05, 0.1) is 13.2 Å². The summed E-state index contributed by atoms with van der Waals surface area (Å²) in [6.45, 7) is 11.4. The van der Waals surface area contributed by atoms with Crippen LogP contribution in [0.3, 0.4) is 0 Å². The van der Waals surface area contributed by atoms with E-state index in [9.17, 15) is 9.90 Å². The first-order valence-corrected chi connectivity index (χ1v) is 6.68. The van der Waals surface area contributed by atoms with Crippen LogP contribution in [0.1, 0.15) is 54.4 Å². The van der Waals surface area contributed by atoms with Gasteiger partial charge in [0.25, 0.3) is 0 Å². The molecule has 0 bridgehead atoms. The molecule has 0 unspecified atom stereocenters. The third kappa shape index (κ3) is 3.46. The Morgan fingerprint density at radius 1 is 1.21 bits per heavy atom. The number of esters is 1. The molecule has 1 fully saturated rings. The number of carbonyl (C=O) groups is 1. The lowest BCUT2D eigenvalue weighted by atomic mass is 9.84. The molecule has 0 radical (unpaired) electrons. The first-order chi connectivity index (χ1) is 8.42. The summed E-state index contributed by atoms with van der Waals surface area (Å²) in [6.07, 6.45) is 0.854. The fourth-order valence-electron chi connectivity index (χ4n) is 2.97. The summed E-state index contributed by atoms with van der Waals surface area (Å²) >= 11 is 0. The Hall–Kier alpha value is -0.650. The SMILES string of the molecule is COC(=O)C(C)(C)O[15N]1C(C)(C)CC(O)CC1(C)C. The summed E-state index contributed by atoms with van der Waals surface area (Å²) in [6, 6.07) is 0. The molecule has 5 nitrogen and oxygen atoms in total. The van der Waals surface area contributed by atoms with Crippen molar-refractivity contribution in [1.29, 1.82) is 0 Å². The van der Waals surface area contributed by atoms with Crippen molar-refractivity contribution in [3.05, 3.63) is 0 Å². The van der Waals surface area contributed by atoms with Crippen LogP contribution >= 0.6 is 0 Å². The average Bonchev–Trinajstić information content (AvgIpc) is 2.20. The number of methoxy groups -OCH3 is 1. The molecule has 0 aliphatic carbocycles. The van der Waals surface area contributed by atoms with Crippen molar-refractivity contribution in [2.45, 2.75) is 77.2 Å². The molecule has 0 atom stereocenters. The zero-order chi connectivity index (χ0) is 15.1. The van der Waals surface area contributed by atoms with Gasteiger partial charge in [-0.05, 0) is 54.4 Å². The van der Waals surface area contributed by atoms with Crippen LogP contribution in [0.2, 0.25) is 0 Å². The summed E-state index contributed by atoms with van der Waals surface area (Å²) in [5, 5.41) is 11.8. The van der Waals surface area contributed by atoms with Gasteiger partial charge in [0, 0.05) is 11.1 Å². The second kappa shape index (κ2) is 5.04. The van der Waals surface area contributed by atoms with Crippen molar-refractivity contribution < 1.29 is 19.5 Å². The van der Waals surface area contributed by atoms with Crippen molar-refractivity contribution in [3.63, 3.8) is 0 Å². The van der Waals surface area contributed by atoms with Gasteiger partial charge in [0.15, 0.2) is 5.60 Å². The zero-order valence-corrected chi connectivity index (χ0v) is 13.1. The molecule has 1 aliphatic rings. The Morgan fingerprint density at radius 2 is 1.63 bits per heavy atom. The number of aliphatic hydroxyl groups excluding tert-OH is 1. The number of hydrogen-bond donors (Lipinski definition) is 1. The molecule has 0 spiro atoms. The van der Waals surface area contributed by atoms with Crippen molar-refractivity contribution in [2.75, 3.05) is 7.11 Å². The van der Waals surface area contributed by atoms with Gasteiger partial charge in [-0.1, -0.05) is 0 Å². The summed E-state index contributed by atoms with van der Waals surface area (Å²) in [5.41, 5.74) is -1.76. The molecule has 112 valence electrons. The highest BCUT2D eigenvalue weighted by Gasteiger charge is 2.49. The van der Waals surface area contributed by atoms with Gasteiger partial charge in [-0.2, -0.15) is 5.06 Å². The Labute approximate surface area is 115 Å². The minimum Gasteiger partial charge on any atom is -0.467 e. The lowest BCUT2D eigenvalue weighted by Crippen LogP contribution is -2.64. The molecular formula is C14H27NO4. The van der Waals surface area contributed by atoms with E-state index >= 15 is 0 Å². The summed E-state index contributed by atoms with van der Waals surface area (Å²) in [7, 11) is 1.35. The number of ether oxygens (including phenoxy) is 1. The molecule has 1 aliphatic heterocycles. The molecular weight excluding hydrogens is 247 g/mol. The molecule has 1 N–H and O–H groups in total. The molecule has 1 heterocycles. The Kier molecular flexibility index (Phi) is 4.35. The van der Waals surface area contributed by atoms with Crippen molar-refractivity contribution in [2.24, 2.45) is 0 Å². The van der Waals surface area contributed by atoms with E-state index in [4.69, 9.17) is 9.57 Å². The second-order valence-electron chi connectivity index (χ2n) is 7.07. The van der Waals surface area contributed by atoms with E-state index < -0.39 is 11.6 Å². The van der Waals surface area contributed by atoms with E-state index in [1.165, 1.54) is 7.11 Å². The maximum atomic E-state index is 11.8. The largest absolute Gasteiger partial charge is 0.467 e. The van der Waals surface area contributed by atoms with Gasteiger partial charge in [-0.25, -0.2) is 4.79 Å². The first-order valence-electron chi connectivity index (χ1n) is 6.68. The van der Waals surface area contributed by atoms with Gasteiger partial charge in [-0.3, -0.25) is 4.84 Å². The van der Waals surface area contributed by atoms with Crippen LogP contribution in [0, 0.1) is 0 Å². The number of carbonyl (C=O) groups excluding carboxylic acids is 1. The fraction of sp³-hybridized carbons (Fsp3) is 0.929. The molecule has 1 saturated heterocycles. The van der Waals surface area contributed by atoms with Crippen LogP contribution in [-0.4, -0.2) is 46.0 Å². The molecule has 0 amide bonds. The van der Waals surface area contributed by atoms with E-state index in [0.717, 1.165) is 0 Å². The third-order valence-electron chi connectivity index (χ3n) is 3.57. The van der Waals surface area contributed by atoms with Crippen molar-refractivity contribution in [1.82, 2.24) is 5.06 Å². The standard InChI is InChI=1S/C14H27NO4/c1-12(2)8-10(16)9-13(3,4)15(12)19-14(5,6)11(17)18-7/h10,16H,8-9H2,1-7H3/i15+1. The normalized spacial score (nSPS) is 24.2. The fourth-order valence-corrected chi connectivity index (χ4v) is 2.97. The second-order valence-corrected chi connectivity index (χ2v) is 7.07. The number of aliphatic hydroxyl groups is 1. The van der Waals surface area contributed by atoms with Gasteiger partial charge in [-0.15, -0.1) is 0 Å². The topological polar surface area (TPSA) is 59.0 Å². The predicted octanol–water partition coefficient (Wildman–Crippen LogP) is 1.88. The highest BCUT2D eigenvalue weighted by molar-refractivity contribution is 5.78. The van der Waals surface area contributed by atoms with Gasteiger partial charge < -0.3 is 9.84 Å². The van der Waals surface area contributed by atoms with Crippen LogP contribution in [0.25, 0.3) is 0 Å². The minimum atomic E-state index is -1.05. The van der Waals surface area contributed by atoms with Crippen molar-refractivity contribution >= 4 is 5.97 Å². The summed E-state index contributed by atoms with van der Waals surface area (Å²) in [5.74, 6) is -0.412. The molecule has 0 aromatic rings. The molecule has 0 saturated carbocycles. The maximum absolute atomic E-state index is 11.8. The molecule has 0 aromatic heterocycles. The molecule has 0 aromatic carbocycles. The lowest BCUT2D eigenvalue weighted by Gasteiger charge is -2.54. The third-order valence-corrected chi connectivity index (χ3v) is 3.57. The monoisotopic (exact) mass is 274 g/mol. The average molecular weight is 274 g/mol. The van der Waals surface area contributed by atoms with E-state index in [1.54, 1.807) is 13.8 Å². The quantitative estimate of drug-likeness (QED) is 0.629. The predicted molar refractivity (Wildman–Crippen MR) is 72.4 cm³/mol. The lowest BCUT2D eigenvalue weighted by molar-refractivity contribution is -0.332. The van der Waals surface area contributed by atoms with Crippen LogP contribution in [0.5, 0.6) is 0 Å². The van der Waals surface area contributed by atoms with E-state index in [-0.39, 0.29) is 17.2 Å². The number of hydrogen-bond acceptors (Lipinski definition) is 5. The smallest absolute Gasteiger partial charge is 0.339 e. The van der Waals surface area contributed by atoms with Crippen LogP contribution in [-0.2, 0) is 14.4 Å². The summed E-state index contributed by atoms with van der Waals surface area (Å²) < 4.78 is 4.77. The van der Waals surface area contributed by atoms with Crippen LogP contribution < -0.4 is 0 Å². The van der Waals surface area contributed by atoms with E-state index in [2.05, 4.69) is 0 Å². The number of hydroxylamine groups is 2. The Morgan fingerprint density at radius 3 is 2.00 bits per heavy atom. The van der Waals surface area contributed by atoms with Crippen molar-refractivity contribution in [3.8, 4) is 0 Å². The zero-order valence-electron chi connectivity index (χ0n) is 13.1. The van der Waals surface area contributed by atoms with Gasteiger partial charge in [0.1, 0.15) is 0 Å². The number of piperidine rings is 1. The van der Waals surface area contributed by atoms with Gasteiger partial charge >= 0.3 is 5.97 Å². The highest BCUT2D eigenvalue weighted by atomic mass is 16.9. The first kappa shape index (κ1) is 16.4. The molecule has 19 heavy (non-hydrogen) atoms. The summed E-state index contributed by atoms with van der Waals surface area (Å²) in [4.78, 5) is 17.7. The van der Waals surface area contributed by atoms with Crippen LogP contribution in [0.4, 0.5) is 0 Å². The highest BCUT2D eigenvalue weighted by Crippen LogP contribution is 2.40.